The first-order valence-corrected chi connectivity index (χ1v) is 9.71. The number of benzene rings is 1. The highest BCUT2D eigenvalue weighted by Gasteiger charge is 2.27. The summed E-state index contributed by atoms with van der Waals surface area (Å²) in [4.78, 5) is 14.6. The van der Waals surface area contributed by atoms with Crippen molar-refractivity contribution in [3.63, 3.8) is 0 Å². The van der Waals surface area contributed by atoms with Gasteiger partial charge < -0.3 is 15.0 Å². The first kappa shape index (κ1) is 17.3. The van der Waals surface area contributed by atoms with E-state index in [2.05, 4.69) is 5.32 Å². The summed E-state index contributed by atoms with van der Waals surface area (Å²) in [5.74, 6) is -0.113. The van der Waals surface area contributed by atoms with Crippen molar-refractivity contribution in [1.82, 2.24) is 14.5 Å². The lowest BCUT2D eigenvalue weighted by Gasteiger charge is -2.26. The summed E-state index contributed by atoms with van der Waals surface area (Å²) in [6.07, 6.45) is 0.900. The number of ether oxygens (including phenoxy) is 1. The number of nitrogens with zero attached hydrogens (tertiary/aromatic N) is 2. The van der Waals surface area contributed by atoms with Crippen LogP contribution in [0, 0.1) is 0 Å². The third kappa shape index (κ3) is 3.77. The van der Waals surface area contributed by atoms with Crippen LogP contribution in [0.1, 0.15) is 16.8 Å². The second kappa shape index (κ2) is 7.60. The van der Waals surface area contributed by atoms with E-state index in [1.807, 2.05) is 0 Å². The number of nitrogens with one attached hydrogen (secondary N) is 1. The molecule has 0 saturated carbocycles. The molecule has 1 aromatic carbocycles. The fourth-order valence-corrected chi connectivity index (χ4v) is 4.41. The third-order valence-corrected chi connectivity index (χ3v) is 6.21. The predicted molar refractivity (Wildman–Crippen MR) is 89.4 cm³/mol. The minimum Gasteiger partial charge on any atom is -0.379 e. The molecule has 0 atom stereocenters. The standard InChI is InChI=1S/C16H23N3O4S/c20-16(18-7-2-5-17-6-8-18)14-3-1-4-15(13-14)24(21,22)19-9-11-23-12-10-19/h1,3-4,13,17H,2,5-12H2. The van der Waals surface area contributed by atoms with Crippen LogP contribution in [0.5, 0.6) is 0 Å². The highest BCUT2D eigenvalue weighted by molar-refractivity contribution is 7.89. The van der Waals surface area contributed by atoms with Gasteiger partial charge in [-0.15, -0.1) is 0 Å². The van der Waals surface area contributed by atoms with Gasteiger partial charge in [-0.25, -0.2) is 8.42 Å². The normalized spacial score (nSPS) is 20.6. The Balaban J connectivity index is 1.81. The molecule has 0 spiro atoms. The van der Waals surface area contributed by atoms with Gasteiger partial charge in [0.25, 0.3) is 5.91 Å². The second-order valence-electron chi connectivity index (χ2n) is 5.94. The molecule has 0 aromatic heterocycles. The summed E-state index contributed by atoms with van der Waals surface area (Å²) in [5, 5.41) is 3.25. The number of morpholine rings is 1. The van der Waals surface area contributed by atoms with Crippen LogP contribution in [0.25, 0.3) is 0 Å². The van der Waals surface area contributed by atoms with Gasteiger partial charge in [-0.3, -0.25) is 4.79 Å². The molecule has 0 unspecified atom stereocenters. The summed E-state index contributed by atoms with van der Waals surface area (Å²) in [5.41, 5.74) is 0.422. The molecule has 2 aliphatic heterocycles. The molecule has 1 amide bonds. The highest BCUT2D eigenvalue weighted by atomic mass is 32.2. The molecule has 0 aliphatic carbocycles. The number of carbonyl (C=O) groups excluding carboxylic acids is 1. The second-order valence-corrected chi connectivity index (χ2v) is 7.88. The molecule has 132 valence electrons. The van der Waals surface area contributed by atoms with Crippen LogP contribution in [-0.4, -0.2) is 76.0 Å². The van der Waals surface area contributed by atoms with Crippen LogP contribution in [0.2, 0.25) is 0 Å². The third-order valence-electron chi connectivity index (χ3n) is 4.32. The Hall–Kier alpha value is -1.48. The maximum Gasteiger partial charge on any atom is 0.253 e. The Morgan fingerprint density at radius 1 is 1.08 bits per heavy atom. The van der Waals surface area contributed by atoms with Crippen molar-refractivity contribution in [2.75, 3.05) is 52.5 Å². The molecule has 3 rings (SSSR count). The van der Waals surface area contributed by atoms with Gasteiger partial charge in [0.2, 0.25) is 10.0 Å². The lowest BCUT2D eigenvalue weighted by atomic mass is 10.2. The van der Waals surface area contributed by atoms with Crippen molar-refractivity contribution in [3.8, 4) is 0 Å². The van der Waals surface area contributed by atoms with E-state index in [-0.39, 0.29) is 10.8 Å². The van der Waals surface area contributed by atoms with Crippen molar-refractivity contribution in [2.24, 2.45) is 0 Å². The number of hydrogen-bond donors (Lipinski definition) is 1. The average molecular weight is 353 g/mol. The van der Waals surface area contributed by atoms with Crippen molar-refractivity contribution >= 4 is 15.9 Å². The van der Waals surface area contributed by atoms with E-state index in [1.165, 1.54) is 10.4 Å². The number of sulfonamides is 1. The first-order valence-electron chi connectivity index (χ1n) is 8.27. The SMILES string of the molecule is O=C(c1cccc(S(=O)(=O)N2CCOCC2)c1)N1CCCNCC1. The average Bonchev–Trinajstić information content (AvgIpc) is 2.91. The van der Waals surface area contributed by atoms with Crippen LogP contribution in [-0.2, 0) is 14.8 Å². The zero-order chi connectivity index (χ0) is 17.0. The largest absolute Gasteiger partial charge is 0.379 e. The van der Waals surface area contributed by atoms with Crippen LogP contribution in [0.15, 0.2) is 29.2 Å². The van der Waals surface area contributed by atoms with E-state index in [9.17, 15) is 13.2 Å². The first-order chi connectivity index (χ1) is 11.6. The lowest BCUT2D eigenvalue weighted by Crippen LogP contribution is -2.40. The maximum atomic E-state index is 12.7. The van der Waals surface area contributed by atoms with E-state index >= 15 is 0 Å². The fourth-order valence-electron chi connectivity index (χ4n) is 2.96. The number of amides is 1. The van der Waals surface area contributed by atoms with E-state index in [4.69, 9.17) is 4.74 Å². The molecule has 2 heterocycles. The van der Waals surface area contributed by atoms with Crippen molar-refractivity contribution in [1.29, 1.82) is 0 Å². The topological polar surface area (TPSA) is 79.0 Å². The Bertz CT molecular complexity index is 678. The van der Waals surface area contributed by atoms with E-state index < -0.39 is 10.0 Å². The fraction of sp³-hybridized carbons (Fsp3) is 0.562. The number of rotatable bonds is 3. The Labute approximate surface area is 142 Å². The molecule has 7 nitrogen and oxygen atoms in total. The molecule has 1 aromatic rings. The maximum absolute atomic E-state index is 12.7. The zero-order valence-corrected chi connectivity index (χ0v) is 14.4. The summed E-state index contributed by atoms with van der Waals surface area (Å²) >= 11 is 0. The zero-order valence-electron chi connectivity index (χ0n) is 13.6. The van der Waals surface area contributed by atoms with Crippen LogP contribution >= 0.6 is 0 Å². The van der Waals surface area contributed by atoms with E-state index in [1.54, 1.807) is 23.1 Å². The van der Waals surface area contributed by atoms with Crippen molar-refractivity contribution in [2.45, 2.75) is 11.3 Å². The number of hydrogen-bond acceptors (Lipinski definition) is 5. The highest BCUT2D eigenvalue weighted by Crippen LogP contribution is 2.19. The Morgan fingerprint density at radius 3 is 2.67 bits per heavy atom. The summed E-state index contributed by atoms with van der Waals surface area (Å²) in [7, 11) is -3.59. The van der Waals surface area contributed by atoms with Gasteiger partial charge in [-0.2, -0.15) is 4.31 Å². The molecular weight excluding hydrogens is 330 g/mol. The van der Waals surface area contributed by atoms with Gasteiger partial charge in [0.05, 0.1) is 18.1 Å². The summed E-state index contributed by atoms with van der Waals surface area (Å²) in [6, 6.07) is 6.35. The molecule has 2 fully saturated rings. The molecule has 0 bridgehead atoms. The smallest absolute Gasteiger partial charge is 0.253 e. The van der Waals surface area contributed by atoms with Crippen molar-refractivity contribution in [3.05, 3.63) is 29.8 Å². The summed E-state index contributed by atoms with van der Waals surface area (Å²) in [6.45, 7) is 4.48. The Morgan fingerprint density at radius 2 is 1.88 bits per heavy atom. The van der Waals surface area contributed by atoms with E-state index in [0.29, 0.717) is 45.0 Å². The van der Waals surface area contributed by atoms with Crippen LogP contribution in [0.3, 0.4) is 0 Å². The minimum atomic E-state index is -3.59. The van der Waals surface area contributed by atoms with Gasteiger partial charge in [0, 0.05) is 38.3 Å². The minimum absolute atomic E-state index is 0.113. The van der Waals surface area contributed by atoms with Crippen LogP contribution < -0.4 is 5.32 Å². The Kier molecular flexibility index (Phi) is 5.50. The lowest BCUT2D eigenvalue weighted by molar-refractivity contribution is 0.0730. The van der Waals surface area contributed by atoms with Gasteiger partial charge in [-0.05, 0) is 31.2 Å². The molecule has 1 N–H and O–H groups in total. The van der Waals surface area contributed by atoms with Gasteiger partial charge in [-0.1, -0.05) is 6.07 Å². The van der Waals surface area contributed by atoms with E-state index in [0.717, 1.165) is 19.5 Å². The quantitative estimate of drug-likeness (QED) is 0.836. The van der Waals surface area contributed by atoms with Gasteiger partial charge in [0.15, 0.2) is 0 Å². The molecule has 2 saturated heterocycles. The van der Waals surface area contributed by atoms with Gasteiger partial charge in [0.1, 0.15) is 0 Å². The monoisotopic (exact) mass is 353 g/mol. The molecule has 2 aliphatic rings. The molecule has 8 heteroatoms. The van der Waals surface area contributed by atoms with Crippen LogP contribution in [0.4, 0.5) is 0 Å². The number of carbonyl (C=O) groups is 1. The molecule has 0 radical (unpaired) electrons. The van der Waals surface area contributed by atoms with Crippen molar-refractivity contribution < 1.29 is 17.9 Å². The predicted octanol–water partition coefficient (Wildman–Crippen LogP) is 0.143. The van der Waals surface area contributed by atoms with Gasteiger partial charge >= 0.3 is 0 Å². The summed E-state index contributed by atoms with van der Waals surface area (Å²) < 4.78 is 32.1. The molecular formula is C16H23N3O4S. The molecule has 24 heavy (non-hydrogen) atoms.